The van der Waals surface area contributed by atoms with Crippen LogP contribution < -0.4 is 0 Å². The predicted molar refractivity (Wildman–Crippen MR) is 65.7 cm³/mol. The summed E-state index contributed by atoms with van der Waals surface area (Å²) in [6, 6.07) is 4.09. The number of likely N-dealkylation sites (tertiary alicyclic amines) is 1. The van der Waals surface area contributed by atoms with Crippen LogP contribution in [0.2, 0.25) is 0 Å². The number of nitrogens with zero attached hydrogens (tertiary/aromatic N) is 1. The van der Waals surface area contributed by atoms with Crippen LogP contribution in [0.3, 0.4) is 0 Å². The number of piperidine rings is 1. The molecule has 1 saturated heterocycles. The SMILES string of the molecule is O=C(O)N1CCCCC1C=Cc1cccs1. The van der Waals surface area contributed by atoms with Crippen LogP contribution in [0.4, 0.5) is 4.79 Å². The highest BCUT2D eigenvalue weighted by atomic mass is 32.1. The van der Waals surface area contributed by atoms with Crippen LogP contribution in [0.15, 0.2) is 23.6 Å². The highest BCUT2D eigenvalue weighted by Crippen LogP contribution is 2.20. The average molecular weight is 237 g/mol. The summed E-state index contributed by atoms with van der Waals surface area (Å²) in [5.41, 5.74) is 0. The van der Waals surface area contributed by atoms with Gasteiger partial charge in [0.25, 0.3) is 0 Å². The highest BCUT2D eigenvalue weighted by molar-refractivity contribution is 7.10. The summed E-state index contributed by atoms with van der Waals surface area (Å²) in [5.74, 6) is 0. The summed E-state index contributed by atoms with van der Waals surface area (Å²) in [6.45, 7) is 0.661. The van der Waals surface area contributed by atoms with Crippen molar-refractivity contribution in [1.82, 2.24) is 4.90 Å². The Labute approximate surface area is 99.0 Å². The van der Waals surface area contributed by atoms with E-state index in [1.807, 2.05) is 29.7 Å². The molecule has 1 unspecified atom stereocenters. The van der Waals surface area contributed by atoms with Gasteiger partial charge in [-0.1, -0.05) is 12.1 Å². The first kappa shape index (κ1) is 11.2. The molecule has 1 atom stereocenters. The van der Waals surface area contributed by atoms with Crippen LogP contribution in [0.25, 0.3) is 6.08 Å². The van der Waals surface area contributed by atoms with E-state index < -0.39 is 6.09 Å². The molecule has 0 aliphatic carbocycles. The summed E-state index contributed by atoms with van der Waals surface area (Å²) in [4.78, 5) is 13.7. The van der Waals surface area contributed by atoms with E-state index >= 15 is 0 Å². The first-order chi connectivity index (χ1) is 7.77. The van der Waals surface area contributed by atoms with E-state index in [4.69, 9.17) is 5.11 Å². The molecule has 2 rings (SSSR count). The van der Waals surface area contributed by atoms with Crippen LogP contribution in [-0.2, 0) is 0 Å². The van der Waals surface area contributed by atoms with Gasteiger partial charge in [-0.2, -0.15) is 0 Å². The summed E-state index contributed by atoms with van der Waals surface area (Å²) in [7, 11) is 0. The largest absolute Gasteiger partial charge is 0.465 e. The smallest absolute Gasteiger partial charge is 0.407 e. The van der Waals surface area contributed by atoms with Crippen molar-refractivity contribution in [2.45, 2.75) is 25.3 Å². The van der Waals surface area contributed by atoms with Crippen molar-refractivity contribution in [1.29, 1.82) is 0 Å². The fourth-order valence-corrected chi connectivity index (χ4v) is 2.62. The summed E-state index contributed by atoms with van der Waals surface area (Å²) < 4.78 is 0. The summed E-state index contributed by atoms with van der Waals surface area (Å²) in [6.07, 6.45) is 6.27. The zero-order valence-electron chi connectivity index (χ0n) is 9.00. The molecule has 1 aromatic heterocycles. The zero-order valence-corrected chi connectivity index (χ0v) is 9.82. The molecule has 16 heavy (non-hydrogen) atoms. The van der Waals surface area contributed by atoms with E-state index in [0.717, 1.165) is 19.3 Å². The second-order valence-corrected chi connectivity index (χ2v) is 4.89. The van der Waals surface area contributed by atoms with Gasteiger partial charge in [0.15, 0.2) is 0 Å². The molecule has 1 aliphatic heterocycles. The van der Waals surface area contributed by atoms with Crippen molar-refractivity contribution in [3.63, 3.8) is 0 Å². The average Bonchev–Trinajstić information content (AvgIpc) is 2.79. The number of thiophene rings is 1. The molecule has 1 aromatic rings. The quantitative estimate of drug-likeness (QED) is 0.857. The summed E-state index contributed by atoms with van der Waals surface area (Å²) >= 11 is 1.67. The van der Waals surface area contributed by atoms with Gasteiger partial charge in [0.2, 0.25) is 0 Å². The molecule has 0 spiro atoms. The minimum Gasteiger partial charge on any atom is -0.465 e. The van der Waals surface area contributed by atoms with Gasteiger partial charge < -0.3 is 10.0 Å². The standard InChI is InChI=1S/C12H15NO2S/c14-12(15)13-8-2-1-4-10(13)6-7-11-5-3-9-16-11/h3,5-7,9-10H,1-2,4,8H2,(H,14,15). The lowest BCUT2D eigenvalue weighted by Crippen LogP contribution is -2.41. The van der Waals surface area contributed by atoms with Gasteiger partial charge in [0.1, 0.15) is 0 Å². The van der Waals surface area contributed by atoms with Crippen molar-refractivity contribution in [3.8, 4) is 0 Å². The van der Waals surface area contributed by atoms with Gasteiger partial charge in [-0.05, 0) is 36.8 Å². The maximum atomic E-state index is 11.0. The molecule has 1 N–H and O–H groups in total. The van der Waals surface area contributed by atoms with E-state index in [9.17, 15) is 4.79 Å². The van der Waals surface area contributed by atoms with Crippen LogP contribution in [-0.4, -0.2) is 28.7 Å². The monoisotopic (exact) mass is 237 g/mol. The molecular weight excluding hydrogens is 222 g/mol. The van der Waals surface area contributed by atoms with Crippen LogP contribution in [0, 0.1) is 0 Å². The third-order valence-corrected chi connectivity index (χ3v) is 3.66. The third kappa shape index (κ3) is 2.64. The molecule has 1 amide bonds. The highest BCUT2D eigenvalue weighted by Gasteiger charge is 2.23. The molecular formula is C12H15NO2S. The number of hydrogen-bond donors (Lipinski definition) is 1. The maximum Gasteiger partial charge on any atom is 0.407 e. The molecule has 0 aromatic carbocycles. The first-order valence-corrected chi connectivity index (χ1v) is 6.36. The Balaban J connectivity index is 2.04. The second kappa shape index (κ2) is 5.16. The van der Waals surface area contributed by atoms with Gasteiger partial charge >= 0.3 is 6.09 Å². The van der Waals surface area contributed by atoms with Crippen molar-refractivity contribution < 1.29 is 9.90 Å². The van der Waals surface area contributed by atoms with Gasteiger partial charge in [0, 0.05) is 11.4 Å². The lowest BCUT2D eigenvalue weighted by atomic mass is 10.0. The molecule has 0 bridgehead atoms. The Kier molecular flexibility index (Phi) is 3.62. The van der Waals surface area contributed by atoms with E-state index in [0.29, 0.717) is 6.54 Å². The van der Waals surface area contributed by atoms with Crippen molar-refractivity contribution >= 4 is 23.5 Å². The van der Waals surface area contributed by atoms with Crippen LogP contribution in [0.5, 0.6) is 0 Å². The predicted octanol–water partition coefficient (Wildman–Crippen LogP) is 3.29. The second-order valence-electron chi connectivity index (χ2n) is 3.91. The Morgan fingerprint density at radius 1 is 1.56 bits per heavy atom. The molecule has 3 nitrogen and oxygen atoms in total. The minimum atomic E-state index is -0.805. The van der Waals surface area contributed by atoms with E-state index in [-0.39, 0.29) is 6.04 Å². The van der Waals surface area contributed by atoms with Gasteiger partial charge in [0.05, 0.1) is 6.04 Å². The third-order valence-electron chi connectivity index (χ3n) is 2.82. The van der Waals surface area contributed by atoms with E-state index in [1.165, 1.54) is 9.78 Å². The lowest BCUT2D eigenvalue weighted by Gasteiger charge is -2.31. The van der Waals surface area contributed by atoms with Gasteiger partial charge in [-0.25, -0.2) is 4.79 Å². The van der Waals surface area contributed by atoms with Crippen LogP contribution in [0.1, 0.15) is 24.1 Å². The lowest BCUT2D eigenvalue weighted by molar-refractivity contribution is 0.120. The number of carboxylic acid groups (broad SMARTS) is 1. The number of hydrogen-bond acceptors (Lipinski definition) is 2. The fraction of sp³-hybridized carbons (Fsp3) is 0.417. The van der Waals surface area contributed by atoms with E-state index in [1.54, 1.807) is 11.3 Å². The van der Waals surface area contributed by atoms with Gasteiger partial charge in [-0.15, -0.1) is 11.3 Å². The van der Waals surface area contributed by atoms with Crippen LogP contribution >= 0.6 is 11.3 Å². The Morgan fingerprint density at radius 2 is 2.44 bits per heavy atom. The molecule has 2 heterocycles. The van der Waals surface area contributed by atoms with Gasteiger partial charge in [-0.3, -0.25) is 0 Å². The van der Waals surface area contributed by atoms with Crippen molar-refractivity contribution in [3.05, 3.63) is 28.5 Å². The molecule has 1 aliphatic rings. The number of amides is 1. The Bertz CT molecular complexity index is 372. The molecule has 0 saturated carbocycles. The molecule has 0 radical (unpaired) electrons. The first-order valence-electron chi connectivity index (χ1n) is 5.48. The minimum absolute atomic E-state index is 0.0494. The Morgan fingerprint density at radius 3 is 3.12 bits per heavy atom. The van der Waals surface area contributed by atoms with Crippen molar-refractivity contribution in [2.75, 3.05) is 6.54 Å². The zero-order chi connectivity index (χ0) is 11.4. The maximum absolute atomic E-state index is 11.0. The van der Waals surface area contributed by atoms with E-state index in [2.05, 4.69) is 0 Å². The summed E-state index contributed by atoms with van der Waals surface area (Å²) in [5, 5.41) is 11.1. The van der Waals surface area contributed by atoms with Crippen molar-refractivity contribution in [2.24, 2.45) is 0 Å². The topological polar surface area (TPSA) is 40.5 Å². The number of rotatable bonds is 2. The molecule has 4 heteroatoms. The Hall–Kier alpha value is -1.29. The molecule has 86 valence electrons. The normalized spacial score (nSPS) is 21.5. The molecule has 1 fully saturated rings. The fourth-order valence-electron chi connectivity index (χ4n) is 1.99. The number of carbonyl (C=O) groups is 1.